The third kappa shape index (κ3) is 3.98. The highest BCUT2D eigenvalue weighted by molar-refractivity contribution is 5.37. The van der Waals surface area contributed by atoms with Crippen LogP contribution >= 0.6 is 0 Å². The number of aliphatic hydroxyl groups is 1. The first-order valence-corrected chi connectivity index (χ1v) is 10.1. The van der Waals surface area contributed by atoms with E-state index in [1.54, 1.807) is 12.1 Å². The zero-order valence-electron chi connectivity index (χ0n) is 16.6. The molecule has 4 rings (SSSR count). The van der Waals surface area contributed by atoms with Crippen LogP contribution in [0.15, 0.2) is 24.3 Å². The lowest BCUT2D eigenvalue weighted by molar-refractivity contribution is -0.0534. The monoisotopic (exact) mass is 388 g/mol. The molecule has 0 radical (unpaired) electrons. The largest absolute Gasteiger partial charge is 0.390 e. The van der Waals surface area contributed by atoms with Gasteiger partial charge >= 0.3 is 0 Å². The number of likely N-dealkylation sites (tertiary alicyclic amines) is 1. The van der Waals surface area contributed by atoms with E-state index >= 15 is 0 Å². The summed E-state index contributed by atoms with van der Waals surface area (Å²) in [5.74, 6) is -0.248. The lowest BCUT2D eigenvalue weighted by atomic mass is 9.99. The number of morpholine rings is 1. The minimum Gasteiger partial charge on any atom is -0.390 e. The number of nitrogens with zero attached hydrogens (tertiary/aromatic N) is 4. The molecule has 0 spiro atoms. The maximum absolute atomic E-state index is 13.2. The number of rotatable bonds is 4. The molecule has 6 nitrogen and oxygen atoms in total. The Morgan fingerprint density at radius 2 is 1.86 bits per heavy atom. The Bertz CT molecular complexity index is 801. The molecule has 1 aromatic carbocycles. The molecule has 2 saturated heterocycles. The van der Waals surface area contributed by atoms with Gasteiger partial charge in [-0.3, -0.25) is 9.80 Å². The van der Waals surface area contributed by atoms with Crippen molar-refractivity contribution in [3.63, 3.8) is 0 Å². The molecule has 3 heterocycles. The van der Waals surface area contributed by atoms with E-state index < -0.39 is 0 Å². The molecule has 0 amide bonds. The lowest BCUT2D eigenvalue weighted by Crippen LogP contribution is -2.56. The van der Waals surface area contributed by atoms with Gasteiger partial charge in [-0.15, -0.1) is 0 Å². The van der Waals surface area contributed by atoms with Crippen molar-refractivity contribution in [1.29, 1.82) is 0 Å². The van der Waals surface area contributed by atoms with Crippen molar-refractivity contribution in [2.24, 2.45) is 0 Å². The fourth-order valence-corrected chi connectivity index (χ4v) is 4.42. The third-order valence-electron chi connectivity index (χ3n) is 6.04. The predicted molar refractivity (Wildman–Crippen MR) is 105 cm³/mol. The van der Waals surface area contributed by atoms with Crippen LogP contribution in [0.3, 0.4) is 0 Å². The number of benzene rings is 1. The van der Waals surface area contributed by atoms with Crippen molar-refractivity contribution in [2.75, 3.05) is 39.4 Å². The van der Waals surface area contributed by atoms with Gasteiger partial charge in [-0.1, -0.05) is 0 Å². The van der Waals surface area contributed by atoms with Crippen LogP contribution in [-0.4, -0.2) is 76.2 Å². The molecular weight excluding hydrogens is 359 g/mol. The van der Waals surface area contributed by atoms with E-state index in [0.717, 1.165) is 62.9 Å². The normalized spacial score (nSPS) is 24.6. The molecule has 0 unspecified atom stereocenters. The molecule has 152 valence electrons. The van der Waals surface area contributed by atoms with E-state index in [0.29, 0.717) is 6.54 Å². The first-order valence-electron chi connectivity index (χ1n) is 10.1. The van der Waals surface area contributed by atoms with Crippen LogP contribution in [-0.2, 0) is 11.3 Å². The van der Waals surface area contributed by atoms with Gasteiger partial charge in [-0.2, -0.15) is 5.10 Å². The highest BCUT2D eigenvalue weighted by Gasteiger charge is 2.33. The van der Waals surface area contributed by atoms with Crippen LogP contribution in [0.4, 0.5) is 4.39 Å². The minimum atomic E-state index is -0.348. The molecule has 0 saturated carbocycles. The van der Waals surface area contributed by atoms with Gasteiger partial charge < -0.3 is 9.84 Å². The highest BCUT2D eigenvalue weighted by atomic mass is 19.1. The van der Waals surface area contributed by atoms with Gasteiger partial charge in [0.25, 0.3) is 0 Å². The summed E-state index contributed by atoms with van der Waals surface area (Å²) in [5, 5.41) is 15.4. The third-order valence-corrected chi connectivity index (χ3v) is 6.04. The van der Waals surface area contributed by atoms with E-state index in [4.69, 9.17) is 4.74 Å². The number of halogens is 1. The second-order valence-corrected chi connectivity index (χ2v) is 7.84. The quantitative estimate of drug-likeness (QED) is 0.867. The molecule has 28 heavy (non-hydrogen) atoms. The summed E-state index contributed by atoms with van der Waals surface area (Å²) < 4.78 is 20.5. The molecule has 1 aromatic heterocycles. The van der Waals surface area contributed by atoms with Crippen LogP contribution in [0.25, 0.3) is 5.69 Å². The molecule has 2 aliphatic rings. The summed E-state index contributed by atoms with van der Waals surface area (Å²) in [6.07, 6.45) is 0.616. The molecule has 2 fully saturated rings. The van der Waals surface area contributed by atoms with E-state index in [1.165, 1.54) is 17.7 Å². The van der Waals surface area contributed by atoms with Crippen LogP contribution in [0.5, 0.6) is 0 Å². The summed E-state index contributed by atoms with van der Waals surface area (Å²) in [7, 11) is 0. The Hall–Kier alpha value is -1.80. The van der Waals surface area contributed by atoms with Gasteiger partial charge in [0.05, 0.1) is 30.7 Å². The van der Waals surface area contributed by atoms with E-state index in [1.807, 2.05) is 11.6 Å². The Balaban J connectivity index is 1.44. The molecule has 0 aliphatic carbocycles. The molecule has 2 atom stereocenters. The van der Waals surface area contributed by atoms with Crippen molar-refractivity contribution in [3.8, 4) is 5.69 Å². The first-order chi connectivity index (χ1) is 13.5. The molecular formula is C21H29FN4O2. The Morgan fingerprint density at radius 1 is 1.14 bits per heavy atom. The second kappa shape index (κ2) is 8.29. The van der Waals surface area contributed by atoms with Gasteiger partial charge in [0.15, 0.2) is 0 Å². The summed E-state index contributed by atoms with van der Waals surface area (Å²) >= 11 is 0. The van der Waals surface area contributed by atoms with Crippen LogP contribution in [0, 0.1) is 19.7 Å². The van der Waals surface area contributed by atoms with Gasteiger partial charge in [-0.05, 0) is 44.5 Å². The molecule has 1 N–H and O–H groups in total. The van der Waals surface area contributed by atoms with Gasteiger partial charge in [-0.25, -0.2) is 9.07 Å². The zero-order valence-corrected chi connectivity index (χ0v) is 16.6. The minimum absolute atomic E-state index is 0.226. The van der Waals surface area contributed by atoms with Gasteiger partial charge in [0.2, 0.25) is 0 Å². The number of aryl methyl sites for hydroxylation is 1. The van der Waals surface area contributed by atoms with Crippen molar-refractivity contribution < 1.29 is 14.2 Å². The average Bonchev–Trinajstić information content (AvgIpc) is 2.98. The number of hydrogen-bond acceptors (Lipinski definition) is 5. The van der Waals surface area contributed by atoms with Crippen molar-refractivity contribution in [2.45, 2.75) is 39.0 Å². The summed E-state index contributed by atoms with van der Waals surface area (Å²) in [6.45, 7) is 9.79. The van der Waals surface area contributed by atoms with Crippen LogP contribution in [0.1, 0.15) is 23.4 Å². The maximum Gasteiger partial charge on any atom is 0.123 e. The average molecular weight is 388 g/mol. The number of ether oxygens (including phenoxy) is 1. The van der Waals surface area contributed by atoms with E-state index in [2.05, 4.69) is 21.8 Å². The predicted octanol–water partition coefficient (Wildman–Crippen LogP) is 1.90. The van der Waals surface area contributed by atoms with Crippen molar-refractivity contribution in [1.82, 2.24) is 19.6 Å². The first kappa shape index (κ1) is 19.5. The summed E-state index contributed by atoms with van der Waals surface area (Å²) in [4.78, 5) is 4.68. The van der Waals surface area contributed by atoms with Crippen molar-refractivity contribution in [3.05, 3.63) is 47.0 Å². The maximum atomic E-state index is 13.2. The zero-order chi connectivity index (χ0) is 19.7. The summed E-state index contributed by atoms with van der Waals surface area (Å²) in [6, 6.07) is 6.63. The number of aliphatic hydroxyl groups excluding tert-OH is 1. The molecule has 2 aliphatic heterocycles. The fraction of sp³-hybridized carbons (Fsp3) is 0.571. The lowest BCUT2D eigenvalue weighted by Gasteiger charge is -2.43. The number of aromatic nitrogens is 2. The number of hydrogen-bond donors (Lipinski definition) is 1. The van der Waals surface area contributed by atoms with Crippen molar-refractivity contribution >= 4 is 0 Å². The Morgan fingerprint density at radius 3 is 2.54 bits per heavy atom. The van der Waals surface area contributed by atoms with E-state index in [-0.39, 0.29) is 18.0 Å². The fourth-order valence-electron chi connectivity index (χ4n) is 4.42. The highest BCUT2D eigenvalue weighted by Crippen LogP contribution is 2.24. The molecule has 0 bridgehead atoms. The number of β-amino-alcohol motifs (C(OH)–C–C–N with tert-alkyl or cyclic N) is 1. The van der Waals surface area contributed by atoms with Gasteiger partial charge in [0, 0.05) is 50.0 Å². The summed E-state index contributed by atoms with van der Waals surface area (Å²) in [5.41, 5.74) is 4.08. The van der Waals surface area contributed by atoms with Crippen LogP contribution < -0.4 is 0 Å². The topological polar surface area (TPSA) is 53.8 Å². The Labute approximate surface area is 165 Å². The SMILES string of the molecule is Cc1nn(-c2ccc(F)cc2)c(C)c1CN1CC[C@@H](N2CCOCC2)[C@H](O)C1. The second-order valence-electron chi connectivity index (χ2n) is 7.84. The Kier molecular flexibility index (Phi) is 5.78. The van der Waals surface area contributed by atoms with Gasteiger partial charge in [0.1, 0.15) is 5.82 Å². The number of piperidine rings is 1. The van der Waals surface area contributed by atoms with E-state index in [9.17, 15) is 9.50 Å². The molecule has 2 aromatic rings. The smallest absolute Gasteiger partial charge is 0.123 e. The molecule has 7 heteroatoms. The van der Waals surface area contributed by atoms with Crippen LogP contribution in [0.2, 0.25) is 0 Å². The standard InChI is InChI=1S/C21H29FN4O2/c1-15-19(16(2)26(23-15)18-5-3-17(22)4-6-18)13-24-8-7-20(21(27)14-24)25-9-11-28-12-10-25/h3-6,20-21,27H,7-14H2,1-2H3/t20-,21-/m1/s1.